The SMILES string of the molecule is COc1ccc2c(c1)CCCN2S(=O)(=O)N1C[C@H](C)O[C@@H](C)C1. The topological polar surface area (TPSA) is 59.1 Å². The Kier molecular flexibility index (Phi) is 4.53. The smallest absolute Gasteiger partial charge is 0.304 e. The molecule has 0 N–H and O–H groups in total. The summed E-state index contributed by atoms with van der Waals surface area (Å²) < 4.78 is 40.2. The van der Waals surface area contributed by atoms with E-state index in [0.717, 1.165) is 29.8 Å². The zero-order valence-electron chi connectivity index (χ0n) is 13.9. The number of nitrogens with zero attached hydrogens (tertiary/aromatic N) is 2. The molecule has 23 heavy (non-hydrogen) atoms. The fourth-order valence-electron chi connectivity index (χ4n) is 3.36. The van der Waals surface area contributed by atoms with Crippen molar-refractivity contribution in [1.29, 1.82) is 0 Å². The van der Waals surface area contributed by atoms with E-state index in [2.05, 4.69) is 0 Å². The third kappa shape index (κ3) is 3.18. The van der Waals surface area contributed by atoms with Crippen LogP contribution in [0.1, 0.15) is 25.8 Å². The van der Waals surface area contributed by atoms with E-state index in [1.807, 2.05) is 32.0 Å². The van der Waals surface area contributed by atoms with Crippen LogP contribution < -0.4 is 9.04 Å². The minimum atomic E-state index is -3.54. The summed E-state index contributed by atoms with van der Waals surface area (Å²) in [5.41, 5.74) is 1.79. The van der Waals surface area contributed by atoms with Gasteiger partial charge in [-0.25, -0.2) is 0 Å². The molecular formula is C16H24N2O4S. The Bertz CT molecular complexity index is 667. The molecule has 1 saturated heterocycles. The lowest BCUT2D eigenvalue weighted by Gasteiger charge is -2.39. The van der Waals surface area contributed by atoms with E-state index >= 15 is 0 Å². The number of hydrogen-bond donors (Lipinski definition) is 0. The molecule has 1 aromatic rings. The van der Waals surface area contributed by atoms with Gasteiger partial charge in [0.25, 0.3) is 0 Å². The fraction of sp³-hybridized carbons (Fsp3) is 0.625. The fourth-order valence-corrected chi connectivity index (χ4v) is 5.23. The molecule has 1 aromatic carbocycles. The Balaban J connectivity index is 1.93. The zero-order valence-corrected chi connectivity index (χ0v) is 14.7. The van der Waals surface area contributed by atoms with Crippen LogP contribution in [0, 0.1) is 0 Å². The molecule has 0 saturated carbocycles. The van der Waals surface area contributed by atoms with Gasteiger partial charge in [-0.15, -0.1) is 0 Å². The van der Waals surface area contributed by atoms with Gasteiger partial charge in [0, 0.05) is 19.6 Å². The monoisotopic (exact) mass is 340 g/mol. The summed E-state index contributed by atoms with van der Waals surface area (Å²) in [6.07, 6.45) is 1.51. The second-order valence-electron chi connectivity index (χ2n) is 6.25. The molecule has 2 atom stereocenters. The van der Waals surface area contributed by atoms with E-state index in [0.29, 0.717) is 19.6 Å². The highest BCUT2D eigenvalue weighted by molar-refractivity contribution is 7.90. The first-order chi connectivity index (χ1) is 10.9. The summed E-state index contributed by atoms with van der Waals surface area (Å²) in [5, 5.41) is 0. The Morgan fingerprint density at radius 3 is 2.57 bits per heavy atom. The van der Waals surface area contributed by atoms with Crippen molar-refractivity contribution >= 4 is 15.9 Å². The van der Waals surface area contributed by atoms with Gasteiger partial charge in [0.05, 0.1) is 25.0 Å². The normalized spacial score (nSPS) is 26.0. The summed E-state index contributed by atoms with van der Waals surface area (Å²) in [6, 6.07) is 5.59. The van der Waals surface area contributed by atoms with E-state index < -0.39 is 10.2 Å². The average molecular weight is 340 g/mol. The van der Waals surface area contributed by atoms with E-state index in [-0.39, 0.29) is 12.2 Å². The van der Waals surface area contributed by atoms with Gasteiger partial charge in [-0.05, 0) is 50.5 Å². The lowest BCUT2D eigenvalue weighted by Crippen LogP contribution is -2.54. The summed E-state index contributed by atoms with van der Waals surface area (Å²) in [7, 11) is -1.92. The van der Waals surface area contributed by atoms with Gasteiger partial charge in [-0.3, -0.25) is 4.31 Å². The first kappa shape index (κ1) is 16.5. The van der Waals surface area contributed by atoms with Crippen LogP contribution in [0.4, 0.5) is 5.69 Å². The molecule has 0 aliphatic carbocycles. The standard InChI is InChI=1S/C16H24N2O4S/c1-12-10-17(11-13(2)22-12)23(19,20)18-8-4-5-14-9-15(21-3)6-7-16(14)18/h6-7,9,12-13H,4-5,8,10-11H2,1-3H3/t12-,13-/m0/s1. The van der Waals surface area contributed by atoms with Crippen LogP contribution in [0.15, 0.2) is 18.2 Å². The Morgan fingerprint density at radius 2 is 1.91 bits per heavy atom. The maximum absolute atomic E-state index is 13.1. The van der Waals surface area contributed by atoms with Gasteiger partial charge in [0.15, 0.2) is 0 Å². The lowest BCUT2D eigenvalue weighted by molar-refractivity contribution is -0.0441. The molecule has 1 fully saturated rings. The van der Waals surface area contributed by atoms with Crippen LogP contribution in [-0.2, 0) is 21.4 Å². The first-order valence-electron chi connectivity index (χ1n) is 8.02. The summed E-state index contributed by atoms with van der Waals surface area (Å²) in [5.74, 6) is 0.761. The second-order valence-corrected chi connectivity index (χ2v) is 8.11. The van der Waals surface area contributed by atoms with E-state index in [1.165, 1.54) is 4.31 Å². The Hall–Kier alpha value is -1.31. The molecule has 0 aromatic heterocycles. The lowest BCUT2D eigenvalue weighted by atomic mass is 10.0. The Labute approximate surface area is 138 Å². The zero-order chi connectivity index (χ0) is 16.6. The number of ether oxygens (including phenoxy) is 2. The molecule has 2 aliphatic rings. The molecule has 0 bridgehead atoms. The predicted molar refractivity (Wildman–Crippen MR) is 89.2 cm³/mol. The van der Waals surface area contributed by atoms with Crippen LogP contribution in [-0.4, -0.2) is 51.7 Å². The van der Waals surface area contributed by atoms with Crippen molar-refractivity contribution in [3.05, 3.63) is 23.8 Å². The number of hydrogen-bond acceptors (Lipinski definition) is 4. The van der Waals surface area contributed by atoms with Crippen LogP contribution >= 0.6 is 0 Å². The van der Waals surface area contributed by atoms with Crippen molar-refractivity contribution in [2.24, 2.45) is 0 Å². The third-order valence-electron chi connectivity index (χ3n) is 4.35. The molecule has 0 spiro atoms. The van der Waals surface area contributed by atoms with Gasteiger partial charge in [0.2, 0.25) is 0 Å². The largest absolute Gasteiger partial charge is 0.497 e. The van der Waals surface area contributed by atoms with Crippen LogP contribution in [0.2, 0.25) is 0 Å². The maximum atomic E-state index is 13.1. The number of anilines is 1. The predicted octanol–water partition coefficient (Wildman–Crippen LogP) is 1.80. The summed E-state index contributed by atoms with van der Waals surface area (Å²) >= 11 is 0. The maximum Gasteiger partial charge on any atom is 0.304 e. The summed E-state index contributed by atoms with van der Waals surface area (Å²) in [4.78, 5) is 0. The minimum Gasteiger partial charge on any atom is -0.497 e. The second kappa shape index (κ2) is 6.30. The molecule has 2 heterocycles. The molecule has 6 nitrogen and oxygen atoms in total. The van der Waals surface area contributed by atoms with Crippen molar-refractivity contribution in [3.8, 4) is 5.75 Å². The highest BCUT2D eigenvalue weighted by atomic mass is 32.2. The number of fused-ring (bicyclic) bond motifs is 1. The van der Waals surface area contributed by atoms with Crippen molar-refractivity contribution < 1.29 is 17.9 Å². The van der Waals surface area contributed by atoms with Crippen LogP contribution in [0.3, 0.4) is 0 Å². The highest BCUT2D eigenvalue weighted by Crippen LogP contribution is 2.33. The molecule has 0 unspecified atom stereocenters. The van der Waals surface area contributed by atoms with Crippen molar-refractivity contribution in [1.82, 2.24) is 4.31 Å². The van der Waals surface area contributed by atoms with Crippen molar-refractivity contribution in [2.45, 2.75) is 38.9 Å². The number of morpholine rings is 1. The molecule has 7 heteroatoms. The van der Waals surface area contributed by atoms with Gasteiger partial charge in [-0.1, -0.05) is 0 Å². The van der Waals surface area contributed by atoms with Crippen LogP contribution in [0.5, 0.6) is 5.75 Å². The highest BCUT2D eigenvalue weighted by Gasteiger charge is 2.37. The van der Waals surface area contributed by atoms with Crippen LogP contribution in [0.25, 0.3) is 0 Å². The quantitative estimate of drug-likeness (QED) is 0.842. The van der Waals surface area contributed by atoms with Crippen molar-refractivity contribution in [3.63, 3.8) is 0 Å². The Morgan fingerprint density at radius 1 is 1.22 bits per heavy atom. The number of methoxy groups -OCH3 is 1. The van der Waals surface area contributed by atoms with Gasteiger partial charge >= 0.3 is 10.2 Å². The minimum absolute atomic E-state index is 0.0892. The van der Waals surface area contributed by atoms with E-state index in [1.54, 1.807) is 11.4 Å². The summed E-state index contributed by atoms with van der Waals surface area (Å²) in [6.45, 7) is 5.13. The number of benzene rings is 1. The molecule has 3 rings (SSSR count). The molecule has 128 valence electrons. The van der Waals surface area contributed by atoms with E-state index in [9.17, 15) is 8.42 Å². The van der Waals surface area contributed by atoms with Crippen molar-refractivity contribution in [2.75, 3.05) is 31.0 Å². The van der Waals surface area contributed by atoms with Gasteiger partial charge in [0.1, 0.15) is 5.75 Å². The first-order valence-corrected chi connectivity index (χ1v) is 9.41. The molecular weight excluding hydrogens is 316 g/mol. The molecule has 0 radical (unpaired) electrons. The molecule has 2 aliphatic heterocycles. The van der Waals surface area contributed by atoms with Gasteiger partial charge in [-0.2, -0.15) is 12.7 Å². The third-order valence-corrected chi connectivity index (χ3v) is 6.24. The number of aryl methyl sites for hydroxylation is 1. The average Bonchev–Trinajstić information content (AvgIpc) is 2.52. The van der Waals surface area contributed by atoms with Gasteiger partial charge < -0.3 is 9.47 Å². The van der Waals surface area contributed by atoms with E-state index in [4.69, 9.17) is 9.47 Å². The number of rotatable bonds is 3. The molecule has 0 amide bonds.